The third-order valence-electron chi connectivity index (χ3n) is 5.15. The number of nitrogens with zero attached hydrogens (tertiary/aromatic N) is 2. The van der Waals surface area contributed by atoms with Crippen molar-refractivity contribution >= 4 is 23.3 Å². The van der Waals surface area contributed by atoms with Gasteiger partial charge >= 0.3 is 5.97 Å². The normalized spacial score (nSPS) is 15.3. The molecule has 31 heavy (non-hydrogen) atoms. The third kappa shape index (κ3) is 6.22. The van der Waals surface area contributed by atoms with Crippen LogP contribution in [-0.2, 0) is 14.3 Å². The zero-order valence-corrected chi connectivity index (χ0v) is 17.8. The van der Waals surface area contributed by atoms with E-state index in [2.05, 4.69) is 10.2 Å². The smallest absolute Gasteiger partial charge is 0.347 e. The lowest BCUT2D eigenvalue weighted by Gasteiger charge is -2.28. The van der Waals surface area contributed by atoms with Crippen molar-refractivity contribution in [3.05, 3.63) is 54.1 Å². The lowest BCUT2D eigenvalue weighted by Crippen LogP contribution is -2.35. The monoisotopic (exact) mass is 421 g/mol. The minimum atomic E-state index is -0.971. The van der Waals surface area contributed by atoms with E-state index in [1.807, 2.05) is 30.3 Å². The van der Waals surface area contributed by atoms with Gasteiger partial charge in [-0.05, 0) is 81.6 Å². The van der Waals surface area contributed by atoms with Gasteiger partial charge in [0.1, 0.15) is 5.75 Å². The molecule has 2 aromatic rings. The molecule has 1 aliphatic heterocycles. The average Bonchev–Trinajstić information content (AvgIpc) is 2.80. The zero-order valence-electron chi connectivity index (χ0n) is 17.8. The maximum Gasteiger partial charge on any atom is 0.347 e. The molecule has 2 atom stereocenters. The quantitative estimate of drug-likeness (QED) is 0.682. The van der Waals surface area contributed by atoms with Crippen LogP contribution in [0.5, 0.6) is 5.75 Å². The number of carbonyl (C=O) groups excluding carboxylic acids is 2. The molecule has 0 unspecified atom stereocenters. The number of benzene rings is 2. The highest BCUT2D eigenvalue weighted by molar-refractivity contribution is 5.95. The second-order valence-electron chi connectivity index (χ2n) is 7.56. The van der Waals surface area contributed by atoms with E-state index in [1.54, 1.807) is 31.2 Å². The number of rotatable bonds is 7. The van der Waals surface area contributed by atoms with Crippen LogP contribution in [0.15, 0.2) is 48.5 Å². The van der Waals surface area contributed by atoms with Crippen LogP contribution in [0.25, 0.3) is 0 Å². The van der Waals surface area contributed by atoms with Gasteiger partial charge in [-0.1, -0.05) is 0 Å². The van der Waals surface area contributed by atoms with Gasteiger partial charge in [-0.25, -0.2) is 4.79 Å². The van der Waals surface area contributed by atoms with Crippen molar-refractivity contribution in [3.8, 4) is 11.8 Å². The predicted octanol–water partition coefficient (Wildman–Crippen LogP) is 3.89. The van der Waals surface area contributed by atoms with Crippen molar-refractivity contribution in [2.24, 2.45) is 0 Å². The predicted molar refractivity (Wildman–Crippen MR) is 118 cm³/mol. The van der Waals surface area contributed by atoms with E-state index in [4.69, 9.17) is 14.7 Å². The summed E-state index contributed by atoms with van der Waals surface area (Å²) < 4.78 is 10.8. The molecule has 1 N–H and O–H groups in total. The Morgan fingerprint density at radius 1 is 0.968 bits per heavy atom. The van der Waals surface area contributed by atoms with Crippen LogP contribution in [0.3, 0.4) is 0 Å². The highest BCUT2D eigenvalue weighted by Crippen LogP contribution is 2.22. The Labute approximate surface area is 182 Å². The number of nitrogens with one attached hydrogen (secondary N) is 1. The first-order chi connectivity index (χ1) is 15.0. The second kappa shape index (κ2) is 10.5. The lowest BCUT2D eigenvalue weighted by atomic mass is 10.1. The molecule has 1 fully saturated rings. The second-order valence-corrected chi connectivity index (χ2v) is 7.56. The number of ether oxygens (including phenoxy) is 2. The van der Waals surface area contributed by atoms with Gasteiger partial charge in [0.25, 0.3) is 5.91 Å². The van der Waals surface area contributed by atoms with Gasteiger partial charge in [0.15, 0.2) is 12.2 Å². The van der Waals surface area contributed by atoms with Gasteiger partial charge in [-0.3, -0.25) is 4.79 Å². The summed E-state index contributed by atoms with van der Waals surface area (Å²) >= 11 is 0. The molecule has 2 aromatic carbocycles. The SMILES string of the molecule is C[C@H](Oc1ccc(C#N)cc1)C(=O)O[C@H](C)C(=O)Nc1ccc(N2CCCCC2)cc1. The number of hydrogen-bond donors (Lipinski definition) is 1. The van der Waals surface area contributed by atoms with Crippen LogP contribution in [0.2, 0.25) is 0 Å². The van der Waals surface area contributed by atoms with Gasteiger partial charge in [0, 0.05) is 24.5 Å². The van der Waals surface area contributed by atoms with Gasteiger partial charge in [-0.2, -0.15) is 5.26 Å². The number of hydrogen-bond acceptors (Lipinski definition) is 6. The number of nitriles is 1. The van der Waals surface area contributed by atoms with Crippen molar-refractivity contribution < 1.29 is 19.1 Å². The van der Waals surface area contributed by atoms with Gasteiger partial charge < -0.3 is 19.7 Å². The van der Waals surface area contributed by atoms with Crippen molar-refractivity contribution in [2.75, 3.05) is 23.3 Å². The molecule has 0 aliphatic carbocycles. The number of anilines is 2. The van der Waals surface area contributed by atoms with E-state index >= 15 is 0 Å². The van der Waals surface area contributed by atoms with E-state index in [0.29, 0.717) is 17.0 Å². The van der Waals surface area contributed by atoms with Crippen LogP contribution in [0.1, 0.15) is 38.7 Å². The molecule has 162 valence electrons. The molecule has 0 bridgehead atoms. The summed E-state index contributed by atoms with van der Waals surface area (Å²) in [6.07, 6.45) is 1.81. The molecule has 0 spiro atoms. The van der Waals surface area contributed by atoms with E-state index in [0.717, 1.165) is 18.8 Å². The first kappa shape index (κ1) is 22.2. The largest absolute Gasteiger partial charge is 0.479 e. The number of amides is 1. The Morgan fingerprint density at radius 2 is 1.61 bits per heavy atom. The maximum atomic E-state index is 12.4. The van der Waals surface area contributed by atoms with Crippen molar-refractivity contribution in [1.82, 2.24) is 0 Å². The molecule has 1 aliphatic rings. The van der Waals surface area contributed by atoms with Crippen molar-refractivity contribution in [1.29, 1.82) is 5.26 Å². The van der Waals surface area contributed by atoms with Crippen LogP contribution in [0, 0.1) is 11.3 Å². The first-order valence-electron chi connectivity index (χ1n) is 10.5. The van der Waals surface area contributed by atoms with E-state index in [1.165, 1.54) is 26.2 Å². The summed E-state index contributed by atoms with van der Waals surface area (Å²) in [6, 6.07) is 16.1. The standard InChI is InChI=1S/C24H27N3O4/c1-17(31-24(29)18(2)30-22-12-6-19(16-25)7-13-22)23(28)26-20-8-10-21(11-9-20)27-14-4-3-5-15-27/h6-13,17-18H,3-5,14-15H2,1-2H3,(H,26,28)/t17-,18+/m1/s1. The molecular weight excluding hydrogens is 394 g/mol. The number of esters is 1. The molecule has 3 rings (SSSR count). The van der Waals surface area contributed by atoms with E-state index in [-0.39, 0.29) is 0 Å². The van der Waals surface area contributed by atoms with Crippen LogP contribution >= 0.6 is 0 Å². The molecule has 1 heterocycles. The van der Waals surface area contributed by atoms with Crippen molar-refractivity contribution in [2.45, 2.75) is 45.3 Å². The average molecular weight is 421 g/mol. The first-order valence-corrected chi connectivity index (χ1v) is 10.5. The molecule has 0 radical (unpaired) electrons. The minimum Gasteiger partial charge on any atom is -0.479 e. The molecule has 7 heteroatoms. The number of carbonyl (C=O) groups is 2. The molecule has 0 aromatic heterocycles. The van der Waals surface area contributed by atoms with Gasteiger partial charge in [-0.15, -0.1) is 0 Å². The van der Waals surface area contributed by atoms with Crippen LogP contribution in [-0.4, -0.2) is 37.2 Å². The maximum absolute atomic E-state index is 12.4. The third-order valence-corrected chi connectivity index (χ3v) is 5.15. The van der Waals surface area contributed by atoms with Crippen LogP contribution < -0.4 is 15.0 Å². The van der Waals surface area contributed by atoms with Crippen molar-refractivity contribution in [3.63, 3.8) is 0 Å². The Hall–Kier alpha value is -3.53. The Morgan fingerprint density at radius 3 is 2.23 bits per heavy atom. The Bertz CT molecular complexity index is 929. The summed E-state index contributed by atoms with van der Waals surface area (Å²) in [5.74, 6) is -0.619. The number of piperidine rings is 1. The van der Waals surface area contributed by atoms with E-state index < -0.39 is 24.1 Å². The molecule has 1 amide bonds. The minimum absolute atomic E-state index is 0.412. The summed E-state index contributed by atoms with van der Waals surface area (Å²) in [5.41, 5.74) is 2.29. The zero-order chi connectivity index (χ0) is 22.2. The fourth-order valence-corrected chi connectivity index (χ4v) is 3.34. The summed E-state index contributed by atoms with van der Waals surface area (Å²) in [6.45, 7) is 5.18. The Kier molecular flexibility index (Phi) is 7.50. The van der Waals surface area contributed by atoms with Gasteiger partial charge in [0.2, 0.25) is 0 Å². The fourth-order valence-electron chi connectivity index (χ4n) is 3.34. The Balaban J connectivity index is 1.48. The molecule has 7 nitrogen and oxygen atoms in total. The highest BCUT2D eigenvalue weighted by atomic mass is 16.6. The fraction of sp³-hybridized carbons (Fsp3) is 0.375. The summed E-state index contributed by atoms with van der Waals surface area (Å²) in [4.78, 5) is 27.0. The molecular formula is C24H27N3O4. The van der Waals surface area contributed by atoms with Gasteiger partial charge in [0.05, 0.1) is 11.6 Å². The summed E-state index contributed by atoms with van der Waals surface area (Å²) in [5, 5.41) is 11.6. The van der Waals surface area contributed by atoms with Crippen LogP contribution in [0.4, 0.5) is 11.4 Å². The van der Waals surface area contributed by atoms with E-state index in [9.17, 15) is 9.59 Å². The topological polar surface area (TPSA) is 91.7 Å². The molecule has 0 saturated carbocycles. The lowest BCUT2D eigenvalue weighted by molar-refractivity contribution is -0.159. The summed E-state index contributed by atoms with van der Waals surface area (Å²) in [7, 11) is 0. The molecule has 1 saturated heterocycles. The highest BCUT2D eigenvalue weighted by Gasteiger charge is 2.23.